The maximum Gasteiger partial charge on any atom is 0.124 e. The van der Waals surface area contributed by atoms with E-state index in [0.29, 0.717) is 0 Å². The molecule has 0 N–H and O–H groups in total. The molecule has 4 nitrogen and oxygen atoms in total. The Morgan fingerprint density at radius 2 is 2.14 bits per heavy atom. The van der Waals surface area contributed by atoms with E-state index in [-0.39, 0.29) is 4.90 Å². The Hall–Kier alpha value is -0.980. The van der Waals surface area contributed by atoms with Crippen LogP contribution in [0.3, 0.4) is 0 Å². The topological polar surface area (TPSA) is 70.1 Å². The summed E-state index contributed by atoms with van der Waals surface area (Å²) in [5.74, 6) is 0. The van der Waals surface area contributed by atoms with E-state index in [4.69, 9.17) is 0 Å². The van der Waals surface area contributed by atoms with Gasteiger partial charge in [0.1, 0.15) is 10.1 Å². The highest BCUT2D eigenvalue weighted by molar-refractivity contribution is 7.85. The molecular formula is C8H6NO3S2-. The van der Waals surface area contributed by atoms with Gasteiger partial charge in [-0.1, -0.05) is 0 Å². The number of aromatic nitrogens is 1. The van der Waals surface area contributed by atoms with Crippen LogP contribution in [0.25, 0.3) is 10.2 Å². The van der Waals surface area contributed by atoms with Crippen LogP contribution >= 0.6 is 11.3 Å². The average molecular weight is 228 g/mol. The van der Waals surface area contributed by atoms with Crippen LogP contribution in [0.5, 0.6) is 0 Å². The minimum atomic E-state index is -4.36. The van der Waals surface area contributed by atoms with E-state index >= 15 is 0 Å². The van der Waals surface area contributed by atoms with Gasteiger partial charge in [-0.05, 0) is 25.1 Å². The van der Waals surface area contributed by atoms with Crippen molar-refractivity contribution in [2.24, 2.45) is 0 Å². The average Bonchev–Trinajstić information content (AvgIpc) is 2.41. The lowest BCUT2D eigenvalue weighted by Crippen LogP contribution is -1.97. The highest BCUT2D eigenvalue weighted by Gasteiger charge is 2.05. The van der Waals surface area contributed by atoms with Gasteiger partial charge in [-0.2, -0.15) is 0 Å². The van der Waals surface area contributed by atoms with Crippen molar-refractivity contribution in [3.63, 3.8) is 0 Å². The van der Waals surface area contributed by atoms with Crippen LogP contribution in [0.4, 0.5) is 0 Å². The lowest BCUT2D eigenvalue weighted by atomic mass is 10.3. The molecule has 0 spiro atoms. The first-order chi connectivity index (χ1) is 6.47. The molecule has 14 heavy (non-hydrogen) atoms. The van der Waals surface area contributed by atoms with E-state index in [0.717, 1.165) is 15.2 Å². The van der Waals surface area contributed by atoms with E-state index in [1.54, 1.807) is 6.07 Å². The second-order valence-corrected chi connectivity index (χ2v) is 5.43. The van der Waals surface area contributed by atoms with Crippen LogP contribution in [0.2, 0.25) is 0 Å². The Bertz CT molecular complexity index is 586. The summed E-state index contributed by atoms with van der Waals surface area (Å²) in [5, 5.41) is 0.848. The van der Waals surface area contributed by atoms with Crippen molar-refractivity contribution in [2.75, 3.05) is 0 Å². The molecule has 0 radical (unpaired) electrons. The molecule has 6 heteroatoms. The molecule has 1 aromatic carbocycles. The fourth-order valence-corrected chi connectivity index (χ4v) is 2.61. The Kier molecular flexibility index (Phi) is 2.06. The quantitative estimate of drug-likeness (QED) is 0.694. The van der Waals surface area contributed by atoms with Gasteiger partial charge in [0, 0.05) is 0 Å². The molecule has 2 aromatic rings. The van der Waals surface area contributed by atoms with Crippen molar-refractivity contribution in [2.45, 2.75) is 11.8 Å². The van der Waals surface area contributed by atoms with Crippen molar-refractivity contribution in [3.8, 4) is 0 Å². The van der Waals surface area contributed by atoms with E-state index < -0.39 is 10.1 Å². The Morgan fingerprint density at radius 3 is 2.79 bits per heavy atom. The van der Waals surface area contributed by atoms with Crippen LogP contribution < -0.4 is 0 Å². The molecule has 0 atom stereocenters. The third-order valence-electron chi connectivity index (χ3n) is 1.76. The van der Waals surface area contributed by atoms with E-state index in [1.807, 2.05) is 6.92 Å². The third-order valence-corrected chi connectivity index (χ3v) is 3.52. The Balaban J connectivity index is 2.74. The van der Waals surface area contributed by atoms with E-state index in [9.17, 15) is 13.0 Å². The number of benzene rings is 1. The summed E-state index contributed by atoms with van der Waals surface area (Å²) >= 11 is 1.37. The Labute approximate surface area is 85.0 Å². The first-order valence-electron chi connectivity index (χ1n) is 3.80. The number of hydrogen-bond donors (Lipinski definition) is 0. The molecule has 0 saturated heterocycles. The number of rotatable bonds is 1. The van der Waals surface area contributed by atoms with Crippen LogP contribution in [0, 0.1) is 6.92 Å². The first kappa shape index (κ1) is 9.57. The molecule has 2 rings (SSSR count). The Morgan fingerprint density at radius 1 is 1.43 bits per heavy atom. The number of fused-ring (bicyclic) bond motifs is 1. The fraction of sp³-hybridized carbons (Fsp3) is 0.125. The maximum atomic E-state index is 10.7. The summed E-state index contributed by atoms with van der Waals surface area (Å²) in [7, 11) is -4.36. The SMILES string of the molecule is Cc1nc2ccc(S(=O)(=O)[O-])cc2s1. The van der Waals surface area contributed by atoms with E-state index in [2.05, 4.69) is 4.98 Å². The normalized spacial score (nSPS) is 12.1. The molecule has 0 aliphatic rings. The summed E-state index contributed by atoms with van der Waals surface area (Å²) in [6.45, 7) is 1.83. The van der Waals surface area contributed by atoms with Crippen LogP contribution in [-0.2, 0) is 10.1 Å². The maximum absolute atomic E-state index is 10.7. The van der Waals surface area contributed by atoms with Gasteiger partial charge in [0.05, 0.1) is 20.1 Å². The smallest absolute Gasteiger partial charge is 0.124 e. The molecule has 0 amide bonds. The minimum absolute atomic E-state index is 0.200. The molecular weight excluding hydrogens is 222 g/mol. The monoisotopic (exact) mass is 228 g/mol. The number of nitrogens with zero attached hydrogens (tertiary/aromatic N) is 1. The summed E-state index contributed by atoms with van der Waals surface area (Å²) in [4.78, 5) is 3.96. The predicted molar refractivity (Wildman–Crippen MR) is 52.3 cm³/mol. The van der Waals surface area contributed by atoms with E-state index in [1.165, 1.54) is 23.5 Å². The van der Waals surface area contributed by atoms with Crippen molar-refractivity contribution in [3.05, 3.63) is 23.2 Å². The number of thiazole rings is 1. The largest absolute Gasteiger partial charge is 0.744 e. The van der Waals surface area contributed by atoms with Crippen LogP contribution in [-0.4, -0.2) is 18.0 Å². The molecule has 0 aliphatic heterocycles. The highest BCUT2D eigenvalue weighted by atomic mass is 32.2. The highest BCUT2D eigenvalue weighted by Crippen LogP contribution is 2.24. The van der Waals surface area contributed by atoms with Gasteiger partial charge in [-0.15, -0.1) is 11.3 Å². The summed E-state index contributed by atoms with van der Waals surface area (Å²) < 4.78 is 32.9. The number of aryl methyl sites for hydroxylation is 1. The molecule has 1 heterocycles. The number of hydrogen-bond acceptors (Lipinski definition) is 5. The van der Waals surface area contributed by atoms with Crippen LogP contribution in [0.1, 0.15) is 5.01 Å². The summed E-state index contributed by atoms with van der Waals surface area (Å²) in [5.41, 5.74) is 0.722. The molecule has 0 aliphatic carbocycles. The van der Waals surface area contributed by atoms with Gasteiger partial charge >= 0.3 is 0 Å². The summed E-state index contributed by atoms with van der Waals surface area (Å²) in [6, 6.07) is 4.19. The molecule has 0 unspecified atom stereocenters. The van der Waals surface area contributed by atoms with Gasteiger partial charge in [0.2, 0.25) is 0 Å². The van der Waals surface area contributed by atoms with Crippen LogP contribution in [0.15, 0.2) is 23.1 Å². The van der Waals surface area contributed by atoms with Crippen molar-refractivity contribution in [1.29, 1.82) is 0 Å². The molecule has 0 bridgehead atoms. The summed E-state index contributed by atoms with van der Waals surface area (Å²) in [6.07, 6.45) is 0. The molecule has 74 valence electrons. The lowest BCUT2D eigenvalue weighted by Gasteiger charge is -2.05. The second kappa shape index (κ2) is 3.01. The van der Waals surface area contributed by atoms with Crippen molar-refractivity contribution >= 4 is 31.7 Å². The van der Waals surface area contributed by atoms with Gasteiger partial charge in [-0.25, -0.2) is 13.4 Å². The molecule has 0 fully saturated rings. The van der Waals surface area contributed by atoms with Crippen molar-refractivity contribution < 1.29 is 13.0 Å². The molecule has 0 saturated carbocycles. The second-order valence-electron chi connectivity index (χ2n) is 2.82. The zero-order valence-electron chi connectivity index (χ0n) is 7.22. The fourth-order valence-electron chi connectivity index (χ4n) is 1.18. The van der Waals surface area contributed by atoms with Crippen molar-refractivity contribution in [1.82, 2.24) is 4.98 Å². The minimum Gasteiger partial charge on any atom is -0.744 e. The van der Waals surface area contributed by atoms with Gasteiger partial charge < -0.3 is 4.55 Å². The zero-order chi connectivity index (χ0) is 10.3. The van der Waals surface area contributed by atoms with Gasteiger partial charge in [0.15, 0.2) is 0 Å². The lowest BCUT2D eigenvalue weighted by molar-refractivity contribution is 0.463. The zero-order valence-corrected chi connectivity index (χ0v) is 8.85. The first-order valence-corrected chi connectivity index (χ1v) is 6.02. The van der Waals surface area contributed by atoms with Gasteiger partial charge in [0.25, 0.3) is 0 Å². The molecule has 1 aromatic heterocycles. The van der Waals surface area contributed by atoms with Gasteiger partial charge in [-0.3, -0.25) is 0 Å². The standard InChI is InChI=1S/C8H7NO3S2/c1-5-9-7-3-2-6(14(10,11)12)4-8(7)13-5/h2-4H,1H3,(H,10,11,12)/p-1. The third kappa shape index (κ3) is 1.63. The predicted octanol–water partition coefficient (Wildman–Crippen LogP) is 1.51.